The molecular weight excluding hydrogens is 316 g/mol. The van der Waals surface area contributed by atoms with Crippen molar-refractivity contribution in [1.29, 1.82) is 0 Å². The molecule has 0 atom stereocenters. The summed E-state index contributed by atoms with van der Waals surface area (Å²) in [6.45, 7) is 12.1. The first kappa shape index (κ1) is 17.2. The van der Waals surface area contributed by atoms with E-state index in [2.05, 4.69) is 66.7 Å². The Bertz CT molecular complexity index is 671. The zero-order chi connectivity index (χ0) is 16.5. The van der Waals surface area contributed by atoms with Crippen LogP contribution in [0.3, 0.4) is 0 Å². The van der Waals surface area contributed by atoms with Gasteiger partial charge in [0.1, 0.15) is 0 Å². The van der Waals surface area contributed by atoms with Gasteiger partial charge in [0.2, 0.25) is 0 Å². The van der Waals surface area contributed by atoms with Gasteiger partial charge in [-0.3, -0.25) is 4.98 Å². The number of nitrogens with zero attached hydrogens (tertiary/aromatic N) is 1. The second-order valence-electron chi connectivity index (χ2n) is 6.37. The Balaban J connectivity index is 0.000000847. The zero-order valence-corrected chi connectivity index (χ0v) is 14.7. The monoisotopic (exact) mass is 337 g/mol. The van der Waals surface area contributed by atoms with Crippen molar-refractivity contribution < 1.29 is 24.9 Å². The number of benzene rings is 1. The van der Waals surface area contributed by atoms with Crippen molar-refractivity contribution in [3.8, 4) is 0 Å². The van der Waals surface area contributed by atoms with Crippen LogP contribution in [0.1, 0.15) is 33.4 Å². The van der Waals surface area contributed by atoms with Crippen molar-refractivity contribution in [1.82, 2.24) is 4.98 Å². The van der Waals surface area contributed by atoms with Gasteiger partial charge in [0.25, 0.3) is 0 Å². The second kappa shape index (κ2) is 6.17. The molecule has 2 heterocycles. The van der Waals surface area contributed by atoms with E-state index < -0.39 is 0 Å². The summed E-state index contributed by atoms with van der Waals surface area (Å²) in [6, 6.07) is 8.15. The van der Waals surface area contributed by atoms with Crippen molar-refractivity contribution >= 4 is 28.8 Å². The second-order valence-corrected chi connectivity index (χ2v) is 6.37. The fourth-order valence-corrected chi connectivity index (χ4v) is 2.33. The van der Waals surface area contributed by atoms with Gasteiger partial charge in [0, 0.05) is 6.20 Å². The fourth-order valence-electron chi connectivity index (χ4n) is 2.33. The predicted octanol–water partition coefficient (Wildman–Crippen LogP) is 2.68. The summed E-state index contributed by atoms with van der Waals surface area (Å²) in [5, 5.41) is 2.20. The maximum absolute atomic E-state index is 6.08. The van der Waals surface area contributed by atoms with Gasteiger partial charge in [-0.1, -0.05) is 23.6 Å². The molecule has 0 amide bonds. The van der Waals surface area contributed by atoms with Gasteiger partial charge in [-0.15, -0.1) is 5.69 Å². The van der Waals surface area contributed by atoms with Crippen LogP contribution < -0.4 is 5.46 Å². The quantitative estimate of drug-likeness (QED) is 0.592. The summed E-state index contributed by atoms with van der Waals surface area (Å²) in [5.74, 6) is 0. The van der Waals surface area contributed by atoms with Gasteiger partial charge in [0.05, 0.1) is 11.2 Å². The molecule has 117 valence electrons. The number of hydrogen-bond donors (Lipinski definition) is 0. The summed E-state index contributed by atoms with van der Waals surface area (Å²) >= 11 is 2.69. The van der Waals surface area contributed by atoms with Gasteiger partial charge < -0.3 is 9.31 Å². The van der Waals surface area contributed by atoms with Crippen LogP contribution in [-0.2, 0) is 24.9 Å². The van der Waals surface area contributed by atoms with Crippen LogP contribution in [0.5, 0.6) is 0 Å². The van der Waals surface area contributed by atoms with Crippen molar-refractivity contribution in [2.45, 2.75) is 38.9 Å². The molecule has 3 rings (SSSR count). The van der Waals surface area contributed by atoms with E-state index in [1.807, 2.05) is 24.4 Å². The van der Waals surface area contributed by atoms with E-state index in [-0.39, 0.29) is 18.3 Å². The average molecular weight is 337 g/mol. The van der Waals surface area contributed by atoms with Crippen molar-refractivity contribution in [3.63, 3.8) is 0 Å². The Labute approximate surface area is 140 Å². The van der Waals surface area contributed by atoms with E-state index in [4.69, 9.17) is 9.31 Å². The third-order valence-corrected chi connectivity index (χ3v) is 4.33. The predicted molar refractivity (Wildman–Crippen MR) is 89.0 cm³/mol. The zero-order valence-electron chi connectivity index (χ0n) is 13.5. The van der Waals surface area contributed by atoms with Crippen LogP contribution in [0.25, 0.3) is 10.8 Å². The Morgan fingerprint density at radius 1 is 1.05 bits per heavy atom. The summed E-state index contributed by atoms with van der Waals surface area (Å²) in [4.78, 5) is 4.21. The molecule has 0 N–H and O–H groups in total. The van der Waals surface area contributed by atoms with Gasteiger partial charge >= 0.3 is 28.1 Å². The standard InChI is InChI=1S/C16H19BNO2.CH2.Mn/c1-11-8-13-9-14(7-6-12(13)10-18-11)17-19-15(2,3)16(4,5)20-17;;/h6-10H,1H2,2-5H3;1H2;/q-1;;. The van der Waals surface area contributed by atoms with Gasteiger partial charge in [0.15, 0.2) is 0 Å². The summed E-state index contributed by atoms with van der Waals surface area (Å²) in [6.07, 6.45) is 1.84. The molecule has 0 bridgehead atoms. The Morgan fingerprint density at radius 3 is 2.23 bits per heavy atom. The molecule has 1 fully saturated rings. The van der Waals surface area contributed by atoms with E-state index in [9.17, 15) is 0 Å². The van der Waals surface area contributed by atoms with Crippen LogP contribution in [0.2, 0.25) is 0 Å². The molecule has 0 saturated carbocycles. The average Bonchev–Trinajstić information content (AvgIpc) is 2.69. The Hall–Kier alpha value is -1.13. The SMILES string of the molecule is [CH2-]c1cc2cc(B3OC(C)(C)C(C)(C)O3)ccc2cn1.[CH2]=[Mn]. The van der Waals surface area contributed by atoms with E-state index in [0.29, 0.717) is 0 Å². The van der Waals surface area contributed by atoms with E-state index in [1.54, 1.807) is 0 Å². The van der Waals surface area contributed by atoms with E-state index in [0.717, 1.165) is 21.9 Å². The van der Waals surface area contributed by atoms with Crippen LogP contribution in [0.4, 0.5) is 0 Å². The van der Waals surface area contributed by atoms with Crippen LogP contribution in [0.15, 0.2) is 30.5 Å². The normalized spacial score (nSPS) is 18.8. The number of pyridine rings is 1. The first-order valence-corrected chi connectivity index (χ1v) is 7.96. The number of rotatable bonds is 1. The van der Waals surface area contributed by atoms with Crippen molar-refractivity contribution in [2.24, 2.45) is 0 Å². The molecule has 0 unspecified atom stereocenters. The first-order chi connectivity index (χ1) is 10.3. The summed E-state index contributed by atoms with van der Waals surface area (Å²) in [7, 11) is -0.328. The van der Waals surface area contributed by atoms with E-state index in [1.165, 1.54) is 0 Å². The molecule has 0 spiro atoms. The number of fused-ring (bicyclic) bond motifs is 1. The maximum atomic E-state index is 6.08. The first-order valence-electron chi connectivity index (χ1n) is 7.13. The molecule has 1 aromatic heterocycles. The minimum absolute atomic E-state index is 0.317. The van der Waals surface area contributed by atoms with Crippen molar-refractivity contribution in [3.05, 3.63) is 43.1 Å². The Morgan fingerprint density at radius 2 is 1.64 bits per heavy atom. The third-order valence-electron chi connectivity index (χ3n) is 4.33. The van der Waals surface area contributed by atoms with Gasteiger partial charge in [-0.2, -0.15) is 6.07 Å². The molecule has 1 aliphatic heterocycles. The Kier molecular flexibility index (Phi) is 4.83. The minimum atomic E-state index is -0.328. The van der Waals surface area contributed by atoms with Crippen molar-refractivity contribution in [2.75, 3.05) is 0 Å². The molecule has 3 nitrogen and oxygen atoms in total. The summed E-state index contributed by atoms with van der Waals surface area (Å²) < 4.78 is 12.2. The molecule has 0 radical (unpaired) electrons. The van der Waals surface area contributed by atoms with Crippen LogP contribution in [0, 0.1) is 6.92 Å². The molecule has 1 aliphatic rings. The molecular formula is C17H21BMnNO2-. The molecule has 22 heavy (non-hydrogen) atoms. The van der Waals surface area contributed by atoms with Gasteiger partial charge in [-0.25, -0.2) is 6.92 Å². The molecule has 1 saturated heterocycles. The molecule has 5 heteroatoms. The van der Waals surface area contributed by atoms with Crippen LogP contribution in [-0.4, -0.2) is 28.7 Å². The summed E-state index contributed by atoms with van der Waals surface area (Å²) in [5.41, 5.74) is 4.22. The number of hydrogen-bond acceptors (Lipinski definition) is 3. The third kappa shape index (κ3) is 3.13. The fraction of sp³-hybridized carbons (Fsp3) is 0.353. The van der Waals surface area contributed by atoms with Crippen LogP contribution >= 0.6 is 0 Å². The topological polar surface area (TPSA) is 31.4 Å². The number of aromatic nitrogens is 1. The molecule has 0 aliphatic carbocycles. The molecule has 2 aromatic rings. The van der Waals surface area contributed by atoms with Gasteiger partial charge in [-0.05, 0) is 38.5 Å². The molecule has 1 aromatic carbocycles. The van der Waals surface area contributed by atoms with E-state index >= 15 is 0 Å².